The first-order valence-corrected chi connectivity index (χ1v) is 13.1. The van der Waals surface area contributed by atoms with Gasteiger partial charge in [0, 0.05) is 20.2 Å². The van der Waals surface area contributed by atoms with Crippen LogP contribution in [0.15, 0.2) is 0 Å². The van der Waals surface area contributed by atoms with Gasteiger partial charge in [-0.15, -0.1) is 0 Å². The average Bonchev–Trinajstić information content (AvgIpc) is 2.85. The lowest BCUT2D eigenvalue weighted by Gasteiger charge is -2.37. The minimum atomic E-state index is -0.540. The number of carbonyl (C=O) groups excluding carboxylic acids is 1. The summed E-state index contributed by atoms with van der Waals surface area (Å²) in [5.41, 5.74) is -0.540. The van der Waals surface area contributed by atoms with Crippen molar-refractivity contribution in [2.24, 2.45) is 11.8 Å². The van der Waals surface area contributed by atoms with Crippen LogP contribution in [0.25, 0.3) is 0 Å². The Hall–Kier alpha value is -0.890. The summed E-state index contributed by atoms with van der Waals surface area (Å²) >= 11 is 0. The van der Waals surface area contributed by atoms with Crippen LogP contribution in [0.5, 0.6) is 0 Å². The molecule has 0 aromatic heterocycles. The van der Waals surface area contributed by atoms with E-state index in [9.17, 15) is 9.90 Å². The Balaban J connectivity index is -0.000000699. The first-order valence-electron chi connectivity index (χ1n) is 13.1. The summed E-state index contributed by atoms with van der Waals surface area (Å²) in [5.74, 6) is 1.67. The van der Waals surface area contributed by atoms with Crippen molar-refractivity contribution >= 4 is 6.03 Å². The fourth-order valence-corrected chi connectivity index (χ4v) is 3.55. The maximum absolute atomic E-state index is 12.2. The molecule has 7 nitrogen and oxygen atoms in total. The standard InChI is InChI=1S/C17H33N3O2.C4H11N.2C2H6.CH4O/c1-17(2,13-21)18-16(22)20-10-6-15(7-11-20)12-14-4-8-19(3)9-5-14;1-4-5(2)3;3*1-2/h14-15,21H,4-13H2,1-3H3,(H,18,22);4H2,1-3H3;2*1-2H3;2H,1H3. The Morgan fingerprint density at radius 1 is 0.939 bits per heavy atom. The van der Waals surface area contributed by atoms with E-state index >= 15 is 0 Å². The minimum absolute atomic E-state index is 0.0307. The highest BCUT2D eigenvalue weighted by Crippen LogP contribution is 2.29. The lowest BCUT2D eigenvalue weighted by Crippen LogP contribution is -2.53. The third-order valence-corrected chi connectivity index (χ3v) is 5.88. The molecular weight excluding hydrogens is 416 g/mol. The normalized spacial score (nSPS) is 17.2. The highest BCUT2D eigenvalue weighted by atomic mass is 16.3. The Morgan fingerprint density at radius 2 is 1.30 bits per heavy atom. The van der Waals surface area contributed by atoms with Crippen molar-refractivity contribution in [3.63, 3.8) is 0 Å². The molecule has 0 spiro atoms. The van der Waals surface area contributed by atoms with Crippen molar-refractivity contribution in [1.29, 1.82) is 0 Å². The van der Waals surface area contributed by atoms with Crippen molar-refractivity contribution in [3.05, 3.63) is 0 Å². The minimum Gasteiger partial charge on any atom is -0.400 e. The largest absolute Gasteiger partial charge is 0.400 e. The van der Waals surface area contributed by atoms with Crippen LogP contribution in [-0.4, -0.2) is 104 Å². The summed E-state index contributed by atoms with van der Waals surface area (Å²) in [5, 5.41) is 19.2. The van der Waals surface area contributed by atoms with E-state index in [4.69, 9.17) is 5.11 Å². The lowest BCUT2D eigenvalue weighted by atomic mass is 9.83. The number of aliphatic hydroxyl groups is 2. The van der Waals surface area contributed by atoms with Gasteiger partial charge in [-0.1, -0.05) is 34.6 Å². The molecule has 2 aliphatic rings. The molecule has 2 saturated heterocycles. The SMILES string of the molecule is CC.CC.CCN(C)C.CN1CCC(CC2CCN(C(=O)NC(C)(C)CO)CC2)CC1.CO. The lowest BCUT2D eigenvalue weighted by molar-refractivity contribution is 0.131. The molecule has 2 fully saturated rings. The first kappa shape index (κ1) is 36.7. The zero-order valence-corrected chi connectivity index (χ0v) is 24.1. The van der Waals surface area contributed by atoms with Crippen molar-refractivity contribution in [3.8, 4) is 0 Å². The molecule has 3 N–H and O–H groups in total. The summed E-state index contributed by atoms with van der Waals surface area (Å²) in [6, 6.07) is -0.0307. The number of hydrogen-bond acceptors (Lipinski definition) is 5. The molecule has 0 saturated carbocycles. The summed E-state index contributed by atoms with van der Waals surface area (Å²) in [6.07, 6.45) is 6.26. The van der Waals surface area contributed by atoms with Gasteiger partial charge < -0.3 is 30.2 Å². The van der Waals surface area contributed by atoms with Crippen molar-refractivity contribution in [1.82, 2.24) is 20.0 Å². The Morgan fingerprint density at radius 3 is 1.64 bits per heavy atom. The van der Waals surface area contributed by atoms with Gasteiger partial charge >= 0.3 is 6.03 Å². The van der Waals surface area contributed by atoms with E-state index in [1.54, 1.807) is 0 Å². The molecule has 0 bridgehead atoms. The molecule has 2 heterocycles. The summed E-state index contributed by atoms with van der Waals surface area (Å²) in [4.78, 5) is 18.7. The Bertz CT molecular complexity index is 418. The molecule has 202 valence electrons. The maximum Gasteiger partial charge on any atom is 0.317 e. The van der Waals surface area contributed by atoms with Crippen LogP contribution >= 0.6 is 0 Å². The van der Waals surface area contributed by atoms with Crippen LogP contribution in [0.2, 0.25) is 0 Å². The third kappa shape index (κ3) is 19.1. The second kappa shape index (κ2) is 22.9. The van der Waals surface area contributed by atoms with E-state index in [0.29, 0.717) is 0 Å². The monoisotopic (exact) mass is 476 g/mol. The van der Waals surface area contributed by atoms with Gasteiger partial charge in [0.15, 0.2) is 0 Å². The Kier molecular flexibility index (Phi) is 25.4. The molecule has 0 aliphatic carbocycles. The number of urea groups is 1. The topological polar surface area (TPSA) is 79.3 Å². The summed E-state index contributed by atoms with van der Waals surface area (Å²) in [7, 11) is 7.32. The van der Waals surface area contributed by atoms with Crippen molar-refractivity contribution < 1.29 is 15.0 Å². The van der Waals surface area contributed by atoms with Crippen LogP contribution in [-0.2, 0) is 0 Å². The van der Waals surface area contributed by atoms with Crippen LogP contribution in [0.3, 0.4) is 0 Å². The zero-order valence-electron chi connectivity index (χ0n) is 24.1. The number of likely N-dealkylation sites (tertiary alicyclic amines) is 2. The second-order valence-corrected chi connectivity index (χ2v) is 9.28. The molecule has 0 aromatic carbocycles. The van der Waals surface area contributed by atoms with E-state index in [1.807, 2.05) is 46.4 Å². The van der Waals surface area contributed by atoms with Crippen LogP contribution in [0.1, 0.15) is 80.6 Å². The number of nitrogens with one attached hydrogen (secondary N) is 1. The zero-order chi connectivity index (χ0) is 26.4. The van der Waals surface area contributed by atoms with Crippen LogP contribution in [0.4, 0.5) is 4.79 Å². The van der Waals surface area contributed by atoms with E-state index < -0.39 is 5.54 Å². The molecular formula is C26H60N4O3. The third-order valence-electron chi connectivity index (χ3n) is 5.88. The van der Waals surface area contributed by atoms with Gasteiger partial charge in [-0.25, -0.2) is 4.79 Å². The van der Waals surface area contributed by atoms with E-state index in [1.165, 1.54) is 32.4 Å². The van der Waals surface area contributed by atoms with Gasteiger partial charge in [0.05, 0.1) is 12.1 Å². The van der Waals surface area contributed by atoms with E-state index in [-0.39, 0.29) is 12.6 Å². The molecule has 0 unspecified atom stereocenters. The molecule has 33 heavy (non-hydrogen) atoms. The smallest absolute Gasteiger partial charge is 0.317 e. The van der Waals surface area contributed by atoms with Gasteiger partial charge in [0.1, 0.15) is 0 Å². The van der Waals surface area contributed by atoms with Crippen molar-refractivity contribution in [2.45, 2.75) is 86.1 Å². The molecule has 0 atom stereocenters. The molecule has 7 heteroatoms. The molecule has 0 aromatic rings. The van der Waals surface area contributed by atoms with E-state index in [2.05, 4.69) is 43.2 Å². The number of piperidine rings is 2. The first-order chi connectivity index (χ1) is 15.7. The molecule has 0 radical (unpaired) electrons. The molecule has 2 rings (SSSR count). The number of aliphatic hydroxyl groups excluding tert-OH is 2. The fraction of sp³-hybridized carbons (Fsp3) is 0.962. The number of carbonyl (C=O) groups is 1. The highest BCUT2D eigenvalue weighted by molar-refractivity contribution is 5.75. The van der Waals surface area contributed by atoms with Gasteiger partial charge in [-0.3, -0.25) is 0 Å². The summed E-state index contributed by atoms with van der Waals surface area (Å²) in [6.45, 7) is 19.1. The predicted octanol–water partition coefficient (Wildman–Crippen LogP) is 4.14. The van der Waals surface area contributed by atoms with Gasteiger partial charge in [0.2, 0.25) is 0 Å². The maximum atomic E-state index is 12.2. The van der Waals surface area contributed by atoms with Gasteiger partial charge in [-0.2, -0.15) is 0 Å². The average molecular weight is 477 g/mol. The number of hydrogen-bond donors (Lipinski definition) is 3. The predicted molar refractivity (Wildman–Crippen MR) is 144 cm³/mol. The molecule has 2 amide bonds. The summed E-state index contributed by atoms with van der Waals surface area (Å²) < 4.78 is 0. The van der Waals surface area contributed by atoms with Gasteiger partial charge in [-0.05, 0) is 98.6 Å². The number of amides is 2. The number of nitrogens with zero attached hydrogens (tertiary/aromatic N) is 3. The Labute approximate surface area is 206 Å². The number of rotatable bonds is 5. The van der Waals surface area contributed by atoms with E-state index in [0.717, 1.165) is 51.4 Å². The quantitative estimate of drug-likeness (QED) is 0.556. The van der Waals surface area contributed by atoms with Gasteiger partial charge in [0.25, 0.3) is 0 Å². The van der Waals surface area contributed by atoms with Crippen LogP contribution in [0, 0.1) is 11.8 Å². The second-order valence-electron chi connectivity index (χ2n) is 9.28. The van der Waals surface area contributed by atoms with Crippen LogP contribution < -0.4 is 5.32 Å². The van der Waals surface area contributed by atoms with Crippen molar-refractivity contribution in [2.75, 3.05) is 67.6 Å². The molecule has 2 aliphatic heterocycles. The highest BCUT2D eigenvalue weighted by Gasteiger charge is 2.28. The fourth-order valence-electron chi connectivity index (χ4n) is 3.55.